The summed E-state index contributed by atoms with van der Waals surface area (Å²) in [5.41, 5.74) is 5.40. The van der Waals surface area contributed by atoms with Crippen molar-refractivity contribution in [1.29, 1.82) is 0 Å². The Morgan fingerprint density at radius 1 is 1.50 bits per heavy atom. The standard InChI is InChI=1S/C9H18N2O3/c1-7(5-10)3-4-8(12)11-6-9(13)14-2/h7H,3-6,10H2,1-2H3,(H,11,12). The highest BCUT2D eigenvalue weighted by Crippen LogP contribution is 2.02. The highest BCUT2D eigenvalue weighted by Gasteiger charge is 2.07. The third-order valence-electron chi connectivity index (χ3n) is 1.92. The smallest absolute Gasteiger partial charge is 0.325 e. The van der Waals surface area contributed by atoms with Crippen LogP contribution in [-0.2, 0) is 14.3 Å². The summed E-state index contributed by atoms with van der Waals surface area (Å²) in [7, 11) is 1.28. The lowest BCUT2D eigenvalue weighted by Crippen LogP contribution is -2.30. The summed E-state index contributed by atoms with van der Waals surface area (Å²) in [6, 6.07) is 0. The van der Waals surface area contributed by atoms with E-state index in [1.54, 1.807) is 0 Å². The lowest BCUT2D eigenvalue weighted by atomic mass is 10.1. The minimum absolute atomic E-state index is 0.0632. The third-order valence-corrected chi connectivity index (χ3v) is 1.92. The van der Waals surface area contributed by atoms with Gasteiger partial charge in [0.15, 0.2) is 0 Å². The fourth-order valence-electron chi connectivity index (χ4n) is 0.827. The van der Waals surface area contributed by atoms with Gasteiger partial charge < -0.3 is 15.8 Å². The van der Waals surface area contributed by atoms with Crippen LogP contribution in [0.1, 0.15) is 19.8 Å². The van der Waals surface area contributed by atoms with Gasteiger partial charge in [0.2, 0.25) is 5.91 Å². The summed E-state index contributed by atoms with van der Waals surface area (Å²) in [6.07, 6.45) is 1.14. The molecule has 0 aliphatic carbocycles. The molecular weight excluding hydrogens is 184 g/mol. The molecule has 5 heteroatoms. The van der Waals surface area contributed by atoms with Gasteiger partial charge in [-0.1, -0.05) is 6.92 Å². The first kappa shape index (κ1) is 12.9. The van der Waals surface area contributed by atoms with Crippen LogP contribution in [0.15, 0.2) is 0 Å². The Hall–Kier alpha value is -1.10. The van der Waals surface area contributed by atoms with E-state index in [-0.39, 0.29) is 12.5 Å². The second kappa shape index (κ2) is 7.32. The van der Waals surface area contributed by atoms with Crippen LogP contribution in [0.4, 0.5) is 0 Å². The van der Waals surface area contributed by atoms with Gasteiger partial charge in [0.05, 0.1) is 7.11 Å². The molecule has 82 valence electrons. The van der Waals surface area contributed by atoms with Crippen molar-refractivity contribution in [2.75, 3.05) is 20.2 Å². The monoisotopic (exact) mass is 202 g/mol. The summed E-state index contributed by atoms with van der Waals surface area (Å²) in [4.78, 5) is 21.8. The molecule has 0 spiro atoms. The van der Waals surface area contributed by atoms with Gasteiger partial charge in [-0.2, -0.15) is 0 Å². The number of nitrogens with two attached hydrogens (primary N) is 1. The van der Waals surface area contributed by atoms with Crippen LogP contribution in [0, 0.1) is 5.92 Å². The zero-order valence-electron chi connectivity index (χ0n) is 8.71. The van der Waals surface area contributed by atoms with E-state index in [2.05, 4.69) is 10.1 Å². The summed E-state index contributed by atoms with van der Waals surface area (Å²) in [5, 5.41) is 2.46. The predicted molar refractivity (Wildman–Crippen MR) is 52.5 cm³/mol. The molecule has 0 aliphatic rings. The number of rotatable bonds is 6. The lowest BCUT2D eigenvalue weighted by Gasteiger charge is -2.07. The number of carbonyl (C=O) groups is 2. The van der Waals surface area contributed by atoms with Crippen LogP contribution >= 0.6 is 0 Å². The van der Waals surface area contributed by atoms with E-state index in [0.717, 1.165) is 6.42 Å². The summed E-state index contributed by atoms with van der Waals surface area (Å²) < 4.78 is 4.37. The van der Waals surface area contributed by atoms with E-state index >= 15 is 0 Å². The Balaban J connectivity index is 3.51. The van der Waals surface area contributed by atoms with Crippen molar-refractivity contribution in [3.63, 3.8) is 0 Å². The van der Waals surface area contributed by atoms with Crippen molar-refractivity contribution in [3.8, 4) is 0 Å². The van der Waals surface area contributed by atoms with Gasteiger partial charge >= 0.3 is 5.97 Å². The number of ether oxygens (including phenoxy) is 1. The van der Waals surface area contributed by atoms with Crippen molar-refractivity contribution in [2.24, 2.45) is 11.7 Å². The molecular formula is C9H18N2O3. The number of hydrogen-bond donors (Lipinski definition) is 2. The molecule has 0 radical (unpaired) electrons. The SMILES string of the molecule is COC(=O)CNC(=O)CCC(C)CN. The number of methoxy groups -OCH3 is 1. The molecule has 0 bridgehead atoms. The van der Waals surface area contributed by atoms with Crippen LogP contribution < -0.4 is 11.1 Å². The van der Waals surface area contributed by atoms with Crippen LogP contribution in [0.2, 0.25) is 0 Å². The van der Waals surface area contributed by atoms with Gasteiger partial charge in [0.1, 0.15) is 6.54 Å². The van der Waals surface area contributed by atoms with Crippen molar-refractivity contribution in [1.82, 2.24) is 5.32 Å². The first-order valence-electron chi connectivity index (χ1n) is 4.63. The highest BCUT2D eigenvalue weighted by atomic mass is 16.5. The minimum atomic E-state index is -0.440. The number of hydrogen-bond acceptors (Lipinski definition) is 4. The fraction of sp³-hybridized carbons (Fsp3) is 0.778. The molecule has 0 rings (SSSR count). The fourth-order valence-corrected chi connectivity index (χ4v) is 0.827. The van der Waals surface area contributed by atoms with E-state index < -0.39 is 5.97 Å². The molecule has 0 heterocycles. The van der Waals surface area contributed by atoms with Gasteiger partial charge in [-0.05, 0) is 18.9 Å². The summed E-state index contributed by atoms with van der Waals surface area (Å²) in [6.45, 7) is 2.49. The zero-order chi connectivity index (χ0) is 11.0. The topological polar surface area (TPSA) is 81.4 Å². The molecule has 3 N–H and O–H groups in total. The van der Waals surface area contributed by atoms with Gasteiger partial charge in [-0.15, -0.1) is 0 Å². The van der Waals surface area contributed by atoms with Crippen molar-refractivity contribution >= 4 is 11.9 Å². The number of esters is 1. The van der Waals surface area contributed by atoms with Crippen LogP contribution in [-0.4, -0.2) is 32.1 Å². The Morgan fingerprint density at radius 3 is 2.64 bits per heavy atom. The van der Waals surface area contributed by atoms with Crippen LogP contribution in [0.25, 0.3) is 0 Å². The lowest BCUT2D eigenvalue weighted by molar-refractivity contribution is -0.141. The molecule has 0 saturated heterocycles. The van der Waals surface area contributed by atoms with Crippen LogP contribution in [0.3, 0.4) is 0 Å². The maximum Gasteiger partial charge on any atom is 0.325 e. The van der Waals surface area contributed by atoms with E-state index in [9.17, 15) is 9.59 Å². The first-order valence-corrected chi connectivity index (χ1v) is 4.63. The molecule has 5 nitrogen and oxygen atoms in total. The van der Waals surface area contributed by atoms with Gasteiger partial charge in [-0.25, -0.2) is 0 Å². The molecule has 0 aromatic heterocycles. The Bertz CT molecular complexity index is 194. The number of carbonyl (C=O) groups excluding carboxylic acids is 2. The van der Waals surface area contributed by atoms with Gasteiger partial charge in [-0.3, -0.25) is 9.59 Å². The van der Waals surface area contributed by atoms with Gasteiger partial charge in [0.25, 0.3) is 0 Å². The van der Waals surface area contributed by atoms with E-state index in [1.165, 1.54) is 7.11 Å². The van der Waals surface area contributed by atoms with Crippen molar-refractivity contribution in [2.45, 2.75) is 19.8 Å². The highest BCUT2D eigenvalue weighted by molar-refractivity contribution is 5.81. The molecule has 0 aromatic carbocycles. The third kappa shape index (κ3) is 6.42. The molecule has 0 fully saturated rings. The van der Waals surface area contributed by atoms with Crippen LogP contribution in [0.5, 0.6) is 0 Å². The van der Waals surface area contributed by atoms with Crippen molar-refractivity contribution < 1.29 is 14.3 Å². The molecule has 1 atom stereocenters. The van der Waals surface area contributed by atoms with Crippen molar-refractivity contribution in [3.05, 3.63) is 0 Å². The zero-order valence-corrected chi connectivity index (χ0v) is 8.71. The minimum Gasteiger partial charge on any atom is -0.468 e. The average molecular weight is 202 g/mol. The summed E-state index contributed by atoms with van der Waals surface area (Å²) >= 11 is 0. The molecule has 0 aromatic rings. The Morgan fingerprint density at radius 2 is 2.14 bits per heavy atom. The second-order valence-electron chi connectivity index (χ2n) is 3.23. The molecule has 1 amide bonds. The number of amides is 1. The maximum atomic E-state index is 11.1. The maximum absolute atomic E-state index is 11.1. The van der Waals surface area contributed by atoms with E-state index in [4.69, 9.17) is 5.73 Å². The normalized spacial score (nSPS) is 11.9. The second-order valence-corrected chi connectivity index (χ2v) is 3.23. The molecule has 0 aliphatic heterocycles. The first-order chi connectivity index (χ1) is 6.60. The number of nitrogens with one attached hydrogen (secondary N) is 1. The van der Waals surface area contributed by atoms with E-state index in [1.807, 2.05) is 6.92 Å². The largest absolute Gasteiger partial charge is 0.468 e. The average Bonchev–Trinajstić information content (AvgIpc) is 2.22. The molecule has 1 unspecified atom stereocenters. The Kier molecular flexibility index (Phi) is 6.74. The summed E-state index contributed by atoms with van der Waals surface area (Å²) in [5.74, 6) is -0.250. The molecule has 14 heavy (non-hydrogen) atoms. The quantitative estimate of drug-likeness (QED) is 0.577. The van der Waals surface area contributed by atoms with E-state index in [0.29, 0.717) is 18.9 Å². The predicted octanol–water partition coefficient (Wildman–Crippen LogP) is -0.349. The van der Waals surface area contributed by atoms with Gasteiger partial charge in [0, 0.05) is 6.42 Å². The molecule has 0 saturated carbocycles. The Labute approximate surface area is 84.0 Å².